The van der Waals surface area contributed by atoms with Gasteiger partial charge in [-0.1, -0.05) is 29.8 Å². The van der Waals surface area contributed by atoms with E-state index in [2.05, 4.69) is 10.6 Å². The monoisotopic (exact) mass is 345 g/mol. The number of nitrogens with one attached hydrogen (secondary N) is 2. The molecule has 0 bridgehead atoms. The Hall–Kier alpha value is -2.18. The van der Waals surface area contributed by atoms with Gasteiger partial charge in [0.25, 0.3) is 0 Å². The number of thiophene rings is 1. The highest BCUT2D eigenvalue weighted by Crippen LogP contribution is 2.19. The number of likely N-dealkylation sites (N-methyl/N-ethyl adjacent to an activating group) is 1. The molecule has 2 N–H and O–H groups in total. The molecule has 0 aliphatic heterocycles. The minimum absolute atomic E-state index is 0.0464. The van der Waals surface area contributed by atoms with Crippen LogP contribution in [0.3, 0.4) is 0 Å². The van der Waals surface area contributed by atoms with E-state index in [9.17, 15) is 9.59 Å². The molecular weight excluding hydrogens is 322 g/mol. The van der Waals surface area contributed by atoms with E-state index >= 15 is 0 Å². The molecule has 0 saturated carbocycles. The van der Waals surface area contributed by atoms with Crippen molar-refractivity contribution < 1.29 is 9.59 Å². The number of amides is 2. The molecule has 1 atom stereocenters. The number of carbonyl (C=O) groups is 2. The van der Waals surface area contributed by atoms with Gasteiger partial charge in [0, 0.05) is 13.1 Å². The second kappa shape index (κ2) is 8.61. The molecule has 2 aromatic rings. The van der Waals surface area contributed by atoms with Crippen molar-refractivity contribution in [3.63, 3.8) is 0 Å². The second-order valence-electron chi connectivity index (χ2n) is 5.91. The maximum Gasteiger partial charge on any atom is 0.309 e. The minimum atomic E-state index is -0.613. The van der Waals surface area contributed by atoms with Crippen LogP contribution in [0.15, 0.2) is 41.1 Å². The predicted molar refractivity (Wildman–Crippen MR) is 96.8 cm³/mol. The molecule has 1 unspecified atom stereocenters. The Bertz CT molecular complexity index is 666. The molecule has 0 radical (unpaired) electrons. The molecule has 0 aliphatic carbocycles. The van der Waals surface area contributed by atoms with Crippen LogP contribution in [0.5, 0.6) is 0 Å². The molecule has 1 aromatic carbocycles. The lowest BCUT2D eigenvalue weighted by Gasteiger charge is -2.23. The summed E-state index contributed by atoms with van der Waals surface area (Å²) in [5.41, 5.74) is 3.25. The van der Waals surface area contributed by atoms with E-state index in [0.717, 1.165) is 16.7 Å². The summed E-state index contributed by atoms with van der Waals surface area (Å²) in [4.78, 5) is 25.9. The SMILES string of the molecule is Cc1ccc(CNC(=O)C(=O)NCC(c2ccsc2)N(C)C)cc1. The van der Waals surface area contributed by atoms with Gasteiger partial charge in [0.1, 0.15) is 0 Å². The number of benzene rings is 1. The average molecular weight is 345 g/mol. The summed E-state index contributed by atoms with van der Waals surface area (Å²) in [5.74, 6) is -1.22. The van der Waals surface area contributed by atoms with Gasteiger partial charge in [0.05, 0.1) is 6.04 Å². The van der Waals surface area contributed by atoms with Gasteiger partial charge in [0.2, 0.25) is 0 Å². The zero-order valence-electron chi connectivity index (χ0n) is 14.2. The normalized spacial score (nSPS) is 12.0. The van der Waals surface area contributed by atoms with Crippen molar-refractivity contribution in [1.29, 1.82) is 0 Å². The van der Waals surface area contributed by atoms with E-state index in [1.165, 1.54) is 0 Å². The Morgan fingerprint density at radius 2 is 1.75 bits per heavy atom. The molecule has 5 nitrogen and oxygen atoms in total. The average Bonchev–Trinajstić information content (AvgIpc) is 3.08. The summed E-state index contributed by atoms with van der Waals surface area (Å²) in [7, 11) is 3.90. The van der Waals surface area contributed by atoms with Crippen molar-refractivity contribution in [2.45, 2.75) is 19.5 Å². The van der Waals surface area contributed by atoms with E-state index < -0.39 is 11.8 Å². The van der Waals surface area contributed by atoms with Crippen LogP contribution in [0.1, 0.15) is 22.7 Å². The van der Waals surface area contributed by atoms with Gasteiger partial charge in [-0.25, -0.2) is 0 Å². The van der Waals surface area contributed by atoms with Crippen LogP contribution < -0.4 is 10.6 Å². The summed E-state index contributed by atoms with van der Waals surface area (Å²) < 4.78 is 0. The fourth-order valence-electron chi connectivity index (χ4n) is 2.30. The van der Waals surface area contributed by atoms with Crippen molar-refractivity contribution in [2.24, 2.45) is 0 Å². The van der Waals surface area contributed by atoms with Crippen molar-refractivity contribution in [3.05, 3.63) is 57.8 Å². The number of hydrogen-bond donors (Lipinski definition) is 2. The highest BCUT2D eigenvalue weighted by molar-refractivity contribution is 7.07. The molecule has 6 heteroatoms. The Labute approximate surface area is 146 Å². The number of carbonyl (C=O) groups excluding carboxylic acids is 2. The second-order valence-corrected chi connectivity index (χ2v) is 6.69. The van der Waals surface area contributed by atoms with E-state index in [-0.39, 0.29) is 6.04 Å². The first-order valence-corrected chi connectivity index (χ1v) is 8.71. The molecule has 0 saturated heterocycles. The van der Waals surface area contributed by atoms with Crippen molar-refractivity contribution in [3.8, 4) is 0 Å². The summed E-state index contributed by atoms with van der Waals surface area (Å²) >= 11 is 1.61. The lowest BCUT2D eigenvalue weighted by atomic mass is 10.1. The summed E-state index contributed by atoms with van der Waals surface area (Å²) in [5, 5.41) is 9.40. The first-order valence-electron chi connectivity index (χ1n) is 7.77. The van der Waals surface area contributed by atoms with Gasteiger partial charge in [-0.15, -0.1) is 0 Å². The topological polar surface area (TPSA) is 61.4 Å². The maximum atomic E-state index is 12.0. The maximum absolute atomic E-state index is 12.0. The molecule has 0 fully saturated rings. The van der Waals surface area contributed by atoms with E-state index in [1.807, 2.05) is 67.0 Å². The summed E-state index contributed by atoms with van der Waals surface area (Å²) in [6.07, 6.45) is 0. The van der Waals surface area contributed by atoms with Crippen LogP contribution in [0.2, 0.25) is 0 Å². The third kappa shape index (κ3) is 5.18. The molecule has 1 heterocycles. The highest BCUT2D eigenvalue weighted by Gasteiger charge is 2.18. The van der Waals surface area contributed by atoms with Crippen molar-refractivity contribution in [1.82, 2.24) is 15.5 Å². The van der Waals surface area contributed by atoms with Crippen LogP contribution in [0, 0.1) is 6.92 Å². The van der Waals surface area contributed by atoms with Gasteiger partial charge >= 0.3 is 11.8 Å². The predicted octanol–water partition coefficient (Wildman–Crippen LogP) is 2.09. The zero-order chi connectivity index (χ0) is 17.5. The van der Waals surface area contributed by atoms with Crippen LogP contribution in [0.4, 0.5) is 0 Å². The lowest BCUT2D eigenvalue weighted by Crippen LogP contribution is -2.42. The van der Waals surface area contributed by atoms with E-state index in [4.69, 9.17) is 0 Å². The highest BCUT2D eigenvalue weighted by atomic mass is 32.1. The van der Waals surface area contributed by atoms with Crippen molar-refractivity contribution >= 4 is 23.2 Å². The molecular formula is C18H23N3O2S. The largest absolute Gasteiger partial charge is 0.346 e. The van der Waals surface area contributed by atoms with E-state index in [0.29, 0.717) is 13.1 Å². The molecule has 1 aromatic heterocycles. The summed E-state index contributed by atoms with van der Waals surface area (Å²) in [6.45, 7) is 2.74. The number of aryl methyl sites for hydroxylation is 1. The molecule has 128 valence electrons. The van der Waals surface area contributed by atoms with Gasteiger partial charge in [-0.05, 0) is 49.0 Å². The fraction of sp³-hybridized carbons (Fsp3) is 0.333. The van der Waals surface area contributed by atoms with Crippen LogP contribution in [-0.2, 0) is 16.1 Å². The van der Waals surface area contributed by atoms with Crippen LogP contribution >= 0.6 is 11.3 Å². The Morgan fingerprint density at radius 3 is 2.33 bits per heavy atom. The van der Waals surface area contributed by atoms with Crippen molar-refractivity contribution in [2.75, 3.05) is 20.6 Å². The quantitative estimate of drug-likeness (QED) is 0.788. The van der Waals surface area contributed by atoms with Gasteiger partial charge in [-0.3, -0.25) is 9.59 Å². The molecule has 0 aliphatic rings. The van der Waals surface area contributed by atoms with Crippen LogP contribution in [0.25, 0.3) is 0 Å². The molecule has 24 heavy (non-hydrogen) atoms. The minimum Gasteiger partial charge on any atom is -0.346 e. The number of rotatable bonds is 6. The first kappa shape index (κ1) is 18.2. The summed E-state index contributed by atoms with van der Waals surface area (Å²) in [6, 6.07) is 9.90. The smallest absolute Gasteiger partial charge is 0.309 e. The van der Waals surface area contributed by atoms with E-state index in [1.54, 1.807) is 11.3 Å². The third-order valence-corrected chi connectivity index (χ3v) is 4.49. The Balaban J connectivity index is 1.82. The third-order valence-electron chi connectivity index (χ3n) is 3.79. The van der Waals surface area contributed by atoms with Gasteiger partial charge < -0.3 is 15.5 Å². The molecule has 0 spiro atoms. The lowest BCUT2D eigenvalue weighted by molar-refractivity contribution is -0.139. The van der Waals surface area contributed by atoms with Crippen LogP contribution in [-0.4, -0.2) is 37.4 Å². The van der Waals surface area contributed by atoms with Gasteiger partial charge in [-0.2, -0.15) is 11.3 Å². The van der Waals surface area contributed by atoms with Gasteiger partial charge in [0.15, 0.2) is 0 Å². The number of nitrogens with zero attached hydrogens (tertiary/aromatic N) is 1. The molecule has 2 amide bonds. The first-order chi connectivity index (χ1) is 11.5. The number of hydrogen-bond acceptors (Lipinski definition) is 4. The Morgan fingerprint density at radius 1 is 1.08 bits per heavy atom. The fourth-order valence-corrected chi connectivity index (χ4v) is 3.01. The molecule has 2 rings (SSSR count). The Kier molecular flexibility index (Phi) is 6.52. The standard InChI is InChI=1S/C18H23N3O2S/c1-13-4-6-14(7-5-13)10-19-17(22)18(23)20-11-16(21(2)3)15-8-9-24-12-15/h4-9,12,16H,10-11H2,1-3H3,(H,19,22)(H,20,23). The zero-order valence-corrected chi connectivity index (χ0v) is 15.0.